The molecule has 4 N–H and O–H groups in total. The maximum atomic E-state index is 12.9. The third kappa shape index (κ3) is 2.86. The van der Waals surface area contributed by atoms with E-state index in [2.05, 4.69) is 10.1 Å². The van der Waals surface area contributed by atoms with E-state index in [-0.39, 0.29) is 29.3 Å². The van der Waals surface area contributed by atoms with Crippen LogP contribution in [0.5, 0.6) is 5.75 Å². The zero-order chi connectivity index (χ0) is 17.5. The largest absolute Gasteiger partial charge is 0.507 e. The maximum Gasteiger partial charge on any atom is 0.419 e. The Morgan fingerprint density at radius 3 is 2.83 bits per heavy atom. The predicted molar refractivity (Wildman–Crippen MR) is 77.0 cm³/mol. The van der Waals surface area contributed by atoms with Crippen LogP contribution in [0, 0.1) is 5.41 Å². The fourth-order valence-corrected chi connectivity index (χ4v) is 2.70. The summed E-state index contributed by atoms with van der Waals surface area (Å²) in [6, 6.07) is 2.62. The number of phenolic OH excluding ortho intramolecular Hbond substituents is 1. The molecule has 128 valence electrons. The van der Waals surface area contributed by atoms with Gasteiger partial charge in [0.15, 0.2) is 5.96 Å². The standard InChI is InChI=1S/C14H14F3N5O2/c15-14(16,17)8-6-7(3-4-10(8)23)11-20-12(24-21-11)9-2-1-5-22(9)13(18)19/h3-4,6,9,23H,1-2,5H2,(H3,18,19)/t9-/m0/s1. The summed E-state index contributed by atoms with van der Waals surface area (Å²) in [7, 11) is 0. The number of benzene rings is 1. The number of hydrogen-bond acceptors (Lipinski definition) is 5. The van der Waals surface area contributed by atoms with Crippen molar-refractivity contribution in [2.75, 3.05) is 6.54 Å². The van der Waals surface area contributed by atoms with Gasteiger partial charge in [-0.05, 0) is 31.0 Å². The molecular formula is C14H14F3N5O2. The molecule has 0 unspecified atom stereocenters. The van der Waals surface area contributed by atoms with Crippen LogP contribution in [0.25, 0.3) is 11.4 Å². The lowest BCUT2D eigenvalue weighted by molar-refractivity contribution is -0.138. The summed E-state index contributed by atoms with van der Waals surface area (Å²) in [6.45, 7) is 0.579. The quantitative estimate of drug-likeness (QED) is 0.571. The van der Waals surface area contributed by atoms with Crippen LogP contribution in [-0.2, 0) is 6.18 Å². The summed E-state index contributed by atoms with van der Waals surface area (Å²) >= 11 is 0. The molecule has 1 aromatic carbocycles. The number of rotatable bonds is 2. The van der Waals surface area contributed by atoms with Crippen molar-refractivity contribution >= 4 is 5.96 Å². The average molecular weight is 341 g/mol. The van der Waals surface area contributed by atoms with Crippen LogP contribution in [0.1, 0.15) is 30.3 Å². The minimum Gasteiger partial charge on any atom is -0.507 e. The topological polar surface area (TPSA) is 112 Å². The molecule has 10 heteroatoms. The Labute approximate surface area is 134 Å². The third-order valence-electron chi connectivity index (χ3n) is 3.85. The molecule has 7 nitrogen and oxygen atoms in total. The van der Waals surface area contributed by atoms with Gasteiger partial charge < -0.3 is 20.3 Å². The van der Waals surface area contributed by atoms with Crippen LogP contribution in [0.15, 0.2) is 22.7 Å². The van der Waals surface area contributed by atoms with Crippen molar-refractivity contribution < 1.29 is 22.8 Å². The minimum atomic E-state index is -4.69. The first-order valence-corrected chi connectivity index (χ1v) is 7.12. The van der Waals surface area contributed by atoms with Crippen molar-refractivity contribution in [1.82, 2.24) is 15.0 Å². The summed E-state index contributed by atoms with van der Waals surface area (Å²) < 4.78 is 43.7. The van der Waals surface area contributed by atoms with Gasteiger partial charge in [-0.25, -0.2) is 0 Å². The zero-order valence-corrected chi connectivity index (χ0v) is 12.3. The molecule has 1 aromatic heterocycles. The van der Waals surface area contributed by atoms with E-state index < -0.39 is 17.5 Å². The number of aromatic hydroxyl groups is 1. The molecular weight excluding hydrogens is 327 g/mol. The molecule has 1 fully saturated rings. The Hall–Kier alpha value is -2.78. The van der Waals surface area contributed by atoms with E-state index >= 15 is 0 Å². The van der Waals surface area contributed by atoms with Gasteiger partial charge >= 0.3 is 6.18 Å². The highest BCUT2D eigenvalue weighted by Crippen LogP contribution is 2.38. The smallest absolute Gasteiger partial charge is 0.419 e. The number of aromatic nitrogens is 2. The van der Waals surface area contributed by atoms with E-state index in [1.165, 1.54) is 6.07 Å². The molecule has 1 saturated heterocycles. The predicted octanol–water partition coefficient (Wildman–Crippen LogP) is 2.49. The van der Waals surface area contributed by atoms with Gasteiger partial charge in [0.1, 0.15) is 11.8 Å². The lowest BCUT2D eigenvalue weighted by Gasteiger charge is -2.21. The van der Waals surface area contributed by atoms with E-state index in [9.17, 15) is 18.3 Å². The number of alkyl halides is 3. The normalized spacial score (nSPS) is 18.1. The number of likely N-dealkylation sites (tertiary alicyclic amines) is 1. The monoisotopic (exact) mass is 341 g/mol. The highest BCUT2D eigenvalue weighted by molar-refractivity contribution is 5.75. The minimum absolute atomic E-state index is 0.0223. The van der Waals surface area contributed by atoms with Crippen molar-refractivity contribution in [3.05, 3.63) is 29.7 Å². The Kier molecular flexibility index (Phi) is 3.82. The second-order valence-electron chi connectivity index (χ2n) is 5.42. The highest BCUT2D eigenvalue weighted by atomic mass is 19.4. The molecule has 1 aliphatic rings. The van der Waals surface area contributed by atoms with Crippen LogP contribution >= 0.6 is 0 Å². The molecule has 0 radical (unpaired) electrons. The van der Waals surface area contributed by atoms with E-state index in [1.54, 1.807) is 4.90 Å². The number of nitrogens with two attached hydrogens (primary N) is 1. The third-order valence-corrected chi connectivity index (χ3v) is 3.85. The number of phenols is 1. The highest BCUT2D eigenvalue weighted by Gasteiger charge is 2.35. The fraction of sp³-hybridized carbons (Fsp3) is 0.357. The van der Waals surface area contributed by atoms with E-state index in [4.69, 9.17) is 15.7 Å². The van der Waals surface area contributed by atoms with Crippen LogP contribution in [-0.4, -0.2) is 32.7 Å². The van der Waals surface area contributed by atoms with Gasteiger partial charge in [-0.3, -0.25) is 5.41 Å². The molecule has 0 aliphatic carbocycles. The van der Waals surface area contributed by atoms with Crippen LogP contribution in [0.2, 0.25) is 0 Å². The molecule has 2 aromatic rings. The number of guanidine groups is 1. The zero-order valence-electron chi connectivity index (χ0n) is 12.3. The van der Waals surface area contributed by atoms with Crippen molar-refractivity contribution in [2.45, 2.75) is 25.1 Å². The molecule has 3 rings (SSSR count). The summed E-state index contributed by atoms with van der Waals surface area (Å²) in [6.07, 6.45) is -3.24. The molecule has 2 heterocycles. The first-order valence-electron chi connectivity index (χ1n) is 7.12. The summed E-state index contributed by atoms with van der Waals surface area (Å²) in [5.74, 6) is -0.819. The Balaban J connectivity index is 1.93. The Bertz CT molecular complexity index is 774. The van der Waals surface area contributed by atoms with Crippen molar-refractivity contribution in [1.29, 1.82) is 5.41 Å². The summed E-state index contributed by atoms with van der Waals surface area (Å²) in [5.41, 5.74) is 4.40. The van der Waals surface area contributed by atoms with Crippen molar-refractivity contribution in [3.63, 3.8) is 0 Å². The van der Waals surface area contributed by atoms with Crippen molar-refractivity contribution in [2.24, 2.45) is 5.73 Å². The molecule has 24 heavy (non-hydrogen) atoms. The summed E-state index contributed by atoms with van der Waals surface area (Å²) in [4.78, 5) is 5.72. The van der Waals surface area contributed by atoms with Gasteiger partial charge in [-0.15, -0.1) is 0 Å². The first-order chi connectivity index (χ1) is 11.3. The van der Waals surface area contributed by atoms with Gasteiger partial charge in [0.25, 0.3) is 0 Å². The molecule has 0 bridgehead atoms. The lowest BCUT2D eigenvalue weighted by atomic mass is 10.1. The van der Waals surface area contributed by atoms with E-state index in [0.717, 1.165) is 18.6 Å². The molecule has 0 spiro atoms. The van der Waals surface area contributed by atoms with Gasteiger partial charge in [0.05, 0.1) is 5.56 Å². The second kappa shape index (κ2) is 5.69. The van der Waals surface area contributed by atoms with Gasteiger partial charge in [0.2, 0.25) is 11.7 Å². The van der Waals surface area contributed by atoms with Crippen molar-refractivity contribution in [3.8, 4) is 17.1 Å². The number of hydrogen-bond donors (Lipinski definition) is 3. The lowest BCUT2D eigenvalue weighted by Crippen LogP contribution is -2.35. The molecule has 0 saturated carbocycles. The second-order valence-corrected chi connectivity index (χ2v) is 5.42. The Morgan fingerprint density at radius 1 is 1.42 bits per heavy atom. The summed E-state index contributed by atoms with van der Waals surface area (Å²) in [5, 5.41) is 20.6. The van der Waals surface area contributed by atoms with E-state index in [0.29, 0.717) is 13.0 Å². The first kappa shape index (κ1) is 16.1. The van der Waals surface area contributed by atoms with Crippen LogP contribution in [0.4, 0.5) is 13.2 Å². The molecule has 1 atom stereocenters. The Morgan fingerprint density at radius 2 is 2.17 bits per heavy atom. The van der Waals surface area contributed by atoms with Gasteiger partial charge in [0, 0.05) is 12.1 Å². The number of nitrogens with one attached hydrogen (secondary N) is 1. The molecule has 1 aliphatic heterocycles. The van der Waals surface area contributed by atoms with Gasteiger partial charge in [-0.1, -0.05) is 5.16 Å². The molecule has 0 amide bonds. The van der Waals surface area contributed by atoms with Gasteiger partial charge in [-0.2, -0.15) is 18.2 Å². The van der Waals surface area contributed by atoms with E-state index in [1.807, 2.05) is 0 Å². The van der Waals surface area contributed by atoms with Crippen LogP contribution in [0.3, 0.4) is 0 Å². The van der Waals surface area contributed by atoms with Crippen LogP contribution < -0.4 is 5.73 Å². The fourth-order valence-electron chi connectivity index (χ4n) is 2.70. The average Bonchev–Trinajstić information content (AvgIpc) is 3.15. The maximum absolute atomic E-state index is 12.9. The number of halogens is 3. The number of nitrogens with zero attached hydrogens (tertiary/aromatic N) is 3. The SMILES string of the molecule is N=C(N)N1CCC[C@H]1c1nc(-c2ccc(O)c(C(F)(F)F)c2)no1.